The third-order valence-corrected chi connectivity index (χ3v) is 9.82. The van der Waals surface area contributed by atoms with Crippen molar-refractivity contribution in [3.63, 3.8) is 0 Å². The van der Waals surface area contributed by atoms with E-state index in [0.29, 0.717) is 17.8 Å². The van der Waals surface area contributed by atoms with Crippen LogP contribution in [0.15, 0.2) is 30.6 Å². The van der Waals surface area contributed by atoms with Crippen molar-refractivity contribution < 1.29 is 32.7 Å². The molecule has 0 saturated heterocycles. The minimum Gasteiger partial charge on any atom is -0.483 e. The molecule has 2 aliphatic carbocycles. The highest BCUT2D eigenvalue weighted by atomic mass is 19.4. The monoisotopic (exact) mass is 670 g/mol. The SMILES string of the molecule is CN(C)C(=O)CNc1cc(C2(Cc3nncn3C)CCC2)cc(N2Cc3c(cc(CNC4(C)CCC4)cc3C(F)(F)F)C2=O)n1.O=CO. The Labute approximate surface area is 276 Å². The van der Waals surface area contributed by atoms with Crippen molar-refractivity contribution in [3.05, 3.63) is 64.2 Å². The fraction of sp³-hybridized carbons (Fsp3) is 0.515. The topological polar surface area (TPSA) is 146 Å². The molecule has 2 amide bonds. The van der Waals surface area contributed by atoms with Crippen LogP contribution < -0.4 is 15.5 Å². The molecule has 2 saturated carbocycles. The average Bonchev–Trinajstić information content (AvgIpc) is 3.56. The summed E-state index contributed by atoms with van der Waals surface area (Å²) in [6, 6.07) is 6.44. The molecule has 3 aromatic rings. The van der Waals surface area contributed by atoms with E-state index in [9.17, 15) is 22.8 Å². The number of aromatic nitrogens is 4. The Morgan fingerprint density at radius 2 is 1.81 bits per heavy atom. The molecule has 1 aromatic carbocycles. The maximum absolute atomic E-state index is 14.4. The standard InChI is InChI=1S/C32H39F3N8O2.CH2O2/c1-30(7-5-8-30)37-16-20-11-22-23(24(12-20)32(33,34)35)18-43(29(22)45)26-14-21(13-25(39-26)36-17-28(44)41(2)3)31(9-6-10-31)15-27-40-38-19-42(27)4;2-1-3/h11-14,19,37H,5-10,15-18H2,1-4H3,(H,36,39);1H,(H,2,3). The predicted molar refractivity (Wildman–Crippen MR) is 171 cm³/mol. The van der Waals surface area contributed by atoms with Crippen molar-refractivity contribution >= 4 is 29.9 Å². The highest BCUT2D eigenvalue weighted by Gasteiger charge is 2.43. The number of carboxylic acid groups (broad SMARTS) is 1. The lowest BCUT2D eigenvalue weighted by molar-refractivity contribution is -0.138. The number of rotatable bonds is 10. The van der Waals surface area contributed by atoms with E-state index >= 15 is 0 Å². The van der Waals surface area contributed by atoms with Gasteiger partial charge in [0.05, 0.1) is 18.7 Å². The highest BCUT2D eigenvalue weighted by molar-refractivity contribution is 6.10. The second-order valence-electron chi connectivity index (χ2n) is 13.3. The van der Waals surface area contributed by atoms with Crippen LogP contribution in [0.3, 0.4) is 0 Å². The maximum atomic E-state index is 14.4. The molecule has 12 nitrogen and oxygen atoms in total. The number of pyridine rings is 1. The van der Waals surface area contributed by atoms with Crippen molar-refractivity contribution in [2.45, 2.75) is 82.1 Å². The lowest BCUT2D eigenvalue weighted by atomic mass is 9.62. The van der Waals surface area contributed by atoms with E-state index in [0.717, 1.165) is 49.9 Å². The molecule has 1 aliphatic heterocycles. The second kappa shape index (κ2) is 13.5. The van der Waals surface area contributed by atoms with E-state index in [1.807, 2.05) is 23.7 Å². The molecule has 6 rings (SSSR count). The van der Waals surface area contributed by atoms with Gasteiger partial charge in [0.2, 0.25) is 5.91 Å². The van der Waals surface area contributed by atoms with E-state index in [-0.39, 0.29) is 59.9 Å². The Bertz CT molecular complexity index is 1680. The van der Waals surface area contributed by atoms with Gasteiger partial charge in [0.1, 0.15) is 23.8 Å². The number of nitrogens with one attached hydrogen (secondary N) is 2. The Morgan fingerprint density at radius 3 is 2.35 bits per heavy atom. The number of anilines is 2. The summed E-state index contributed by atoms with van der Waals surface area (Å²) in [7, 11) is 5.19. The lowest BCUT2D eigenvalue weighted by Gasteiger charge is -2.42. The van der Waals surface area contributed by atoms with Crippen molar-refractivity contribution in [1.82, 2.24) is 30.0 Å². The Morgan fingerprint density at radius 1 is 1.12 bits per heavy atom. The van der Waals surface area contributed by atoms with Gasteiger partial charge in [0.25, 0.3) is 12.4 Å². The minimum absolute atomic E-state index is 0.0269. The van der Waals surface area contributed by atoms with Gasteiger partial charge in [-0.1, -0.05) is 6.42 Å². The number of hydrogen-bond donors (Lipinski definition) is 3. The number of carbonyl (C=O) groups excluding carboxylic acids is 2. The summed E-state index contributed by atoms with van der Waals surface area (Å²) in [5.41, 5.74) is 0.0970. The summed E-state index contributed by atoms with van der Waals surface area (Å²) < 4.78 is 45.1. The number of carbonyl (C=O) groups is 3. The number of aryl methyl sites for hydroxylation is 1. The number of benzene rings is 1. The van der Waals surface area contributed by atoms with Crippen LogP contribution in [-0.4, -0.2) is 74.2 Å². The van der Waals surface area contributed by atoms with Crippen molar-refractivity contribution in [2.24, 2.45) is 7.05 Å². The number of fused-ring (bicyclic) bond motifs is 1. The Hall–Kier alpha value is -4.53. The summed E-state index contributed by atoms with van der Waals surface area (Å²) in [4.78, 5) is 42.1. The largest absolute Gasteiger partial charge is 0.483 e. The van der Waals surface area contributed by atoms with Gasteiger partial charge in [0.15, 0.2) is 0 Å². The zero-order valence-electron chi connectivity index (χ0n) is 27.5. The molecule has 2 fully saturated rings. The molecule has 0 spiro atoms. The number of hydrogen-bond acceptors (Lipinski definition) is 8. The quantitative estimate of drug-likeness (QED) is 0.269. The normalized spacial score (nSPS) is 17.4. The van der Waals surface area contributed by atoms with Gasteiger partial charge in [-0.25, -0.2) is 4.98 Å². The molecule has 0 bridgehead atoms. The first-order valence-electron chi connectivity index (χ1n) is 15.9. The zero-order chi connectivity index (χ0) is 34.9. The van der Waals surface area contributed by atoms with Gasteiger partial charge < -0.3 is 25.2 Å². The van der Waals surface area contributed by atoms with Crippen LogP contribution in [0.1, 0.15) is 83.9 Å². The molecular weight excluding hydrogens is 629 g/mol. The molecule has 2 aromatic heterocycles. The van der Waals surface area contributed by atoms with Crippen LogP contribution in [0.5, 0.6) is 0 Å². The van der Waals surface area contributed by atoms with Gasteiger partial charge in [-0.2, -0.15) is 13.2 Å². The van der Waals surface area contributed by atoms with Crippen molar-refractivity contribution in [3.8, 4) is 0 Å². The number of alkyl halides is 3. The molecule has 3 aliphatic rings. The van der Waals surface area contributed by atoms with E-state index in [2.05, 4.69) is 32.7 Å². The zero-order valence-corrected chi connectivity index (χ0v) is 27.5. The van der Waals surface area contributed by atoms with Crippen LogP contribution in [-0.2, 0) is 47.7 Å². The van der Waals surface area contributed by atoms with Crippen LogP contribution >= 0.6 is 0 Å². The summed E-state index contributed by atoms with van der Waals surface area (Å²) in [5.74, 6) is 0.732. The van der Waals surface area contributed by atoms with Crippen LogP contribution in [0.25, 0.3) is 0 Å². The number of halogens is 3. The summed E-state index contributed by atoms with van der Waals surface area (Å²) in [6.45, 7) is 1.78. The number of amides is 2. The van der Waals surface area contributed by atoms with Gasteiger partial charge in [-0.15, -0.1) is 10.2 Å². The first kappa shape index (κ1) is 34.8. The first-order chi connectivity index (χ1) is 22.7. The molecule has 48 heavy (non-hydrogen) atoms. The first-order valence-corrected chi connectivity index (χ1v) is 15.9. The van der Waals surface area contributed by atoms with Gasteiger partial charge >= 0.3 is 6.18 Å². The van der Waals surface area contributed by atoms with Crippen LogP contribution in [0.2, 0.25) is 0 Å². The van der Waals surface area contributed by atoms with Crippen LogP contribution in [0.4, 0.5) is 24.8 Å². The minimum atomic E-state index is -4.63. The number of likely N-dealkylation sites (N-methyl/N-ethyl adjacent to an activating group) is 1. The van der Waals surface area contributed by atoms with Gasteiger partial charge in [-0.3, -0.25) is 19.3 Å². The van der Waals surface area contributed by atoms with E-state index in [1.165, 1.54) is 15.9 Å². The molecule has 0 atom stereocenters. The molecule has 3 heterocycles. The second-order valence-corrected chi connectivity index (χ2v) is 13.3. The molecule has 3 N–H and O–H groups in total. The maximum Gasteiger partial charge on any atom is 0.416 e. The summed E-state index contributed by atoms with van der Waals surface area (Å²) in [5, 5.41) is 21.7. The molecule has 0 radical (unpaired) electrons. The Kier molecular flexibility index (Phi) is 9.81. The molecule has 258 valence electrons. The van der Waals surface area contributed by atoms with Gasteiger partial charge in [-0.05, 0) is 80.0 Å². The predicted octanol–water partition coefficient (Wildman–Crippen LogP) is 4.29. The fourth-order valence-electron chi connectivity index (χ4n) is 6.52. The summed E-state index contributed by atoms with van der Waals surface area (Å²) >= 11 is 0. The smallest absolute Gasteiger partial charge is 0.416 e. The average molecular weight is 671 g/mol. The fourth-order valence-corrected chi connectivity index (χ4v) is 6.52. The summed E-state index contributed by atoms with van der Waals surface area (Å²) in [6.07, 6.45) is 3.36. The lowest BCUT2D eigenvalue weighted by Crippen LogP contribution is -2.47. The third kappa shape index (κ3) is 7.15. The van der Waals surface area contributed by atoms with E-state index in [1.54, 1.807) is 26.5 Å². The number of nitrogens with zero attached hydrogens (tertiary/aromatic N) is 6. The third-order valence-electron chi connectivity index (χ3n) is 9.82. The van der Waals surface area contributed by atoms with Crippen molar-refractivity contribution in [1.29, 1.82) is 0 Å². The van der Waals surface area contributed by atoms with Crippen LogP contribution in [0, 0.1) is 0 Å². The van der Waals surface area contributed by atoms with Gasteiger partial charge in [0, 0.05) is 50.6 Å². The highest BCUT2D eigenvalue weighted by Crippen LogP contribution is 2.48. The van der Waals surface area contributed by atoms with E-state index in [4.69, 9.17) is 9.90 Å². The molecule has 0 unspecified atom stereocenters. The van der Waals surface area contributed by atoms with Crippen molar-refractivity contribution in [2.75, 3.05) is 30.9 Å². The van der Waals surface area contributed by atoms with E-state index < -0.39 is 17.6 Å². The molecule has 15 heteroatoms. The molecular formula is C33H41F3N8O4. The Balaban J connectivity index is 0.00000145.